The van der Waals surface area contributed by atoms with E-state index in [1.165, 1.54) is 11.5 Å². The van der Waals surface area contributed by atoms with E-state index in [1.807, 2.05) is 13.0 Å². The van der Waals surface area contributed by atoms with Crippen molar-refractivity contribution in [1.29, 1.82) is 0 Å². The first kappa shape index (κ1) is 11.3. The summed E-state index contributed by atoms with van der Waals surface area (Å²) in [4.78, 5) is 13.1. The zero-order valence-corrected chi connectivity index (χ0v) is 11.1. The molecule has 0 saturated carbocycles. The van der Waals surface area contributed by atoms with Crippen molar-refractivity contribution < 1.29 is 0 Å². The summed E-state index contributed by atoms with van der Waals surface area (Å²) in [7, 11) is 0. The molecule has 0 atom stereocenters. The first-order valence-electron chi connectivity index (χ1n) is 5.92. The minimum Gasteiger partial charge on any atom is -0.336 e. The molecule has 0 bridgehead atoms. The summed E-state index contributed by atoms with van der Waals surface area (Å²) in [6, 6.07) is 1.97. The molecule has 1 N–H and O–H groups in total. The van der Waals surface area contributed by atoms with E-state index < -0.39 is 0 Å². The van der Waals surface area contributed by atoms with Gasteiger partial charge in [0, 0.05) is 6.20 Å². The Morgan fingerprint density at radius 2 is 2.28 bits per heavy atom. The fourth-order valence-electron chi connectivity index (χ4n) is 1.93. The Bertz CT molecular complexity index is 685. The highest BCUT2D eigenvalue weighted by Gasteiger charge is 2.14. The van der Waals surface area contributed by atoms with Gasteiger partial charge >= 0.3 is 0 Å². The van der Waals surface area contributed by atoms with Gasteiger partial charge in [-0.25, -0.2) is 9.97 Å². The topological polar surface area (TPSA) is 67.3 Å². The molecule has 0 amide bonds. The lowest BCUT2D eigenvalue weighted by molar-refractivity contribution is 0.870. The fraction of sp³-hybridized carbons (Fsp3) is 0.333. The first-order chi connectivity index (χ1) is 8.79. The molecule has 0 unspecified atom stereocenters. The summed E-state index contributed by atoms with van der Waals surface area (Å²) in [6.45, 7) is 4.18. The normalized spacial score (nSPS) is 11.2. The quantitative estimate of drug-likeness (QED) is 0.785. The standard InChI is InChI=1S/C12H13N5S/c1-3-4-8-10(18-17-16-8)12-14-9-7(2)5-6-13-11(9)15-12/h5-6H,3-4H2,1-2H3,(H,13,14,15). The number of aromatic amines is 1. The molecule has 0 fully saturated rings. The number of rotatable bonds is 3. The van der Waals surface area contributed by atoms with Crippen LogP contribution in [-0.2, 0) is 6.42 Å². The maximum Gasteiger partial charge on any atom is 0.178 e. The van der Waals surface area contributed by atoms with E-state index in [4.69, 9.17) is 0 Å². The van der Waals surface area contributed by atoms with Gasteiger partial charge in [0.25, 0.3) is 0 Å². The molecule has 3 aromatic heterocycles. The van der Waals surface area contributed by atoms with E-state index in [9.17, 15) is 0 Å². The molecule has 0 radical (unpaired) electrons. The van der Waals surface area contributed by atoms with Crippen LogP contribution in [-0.4, -0.2) is 24.5 Å². The summed E-state index contributed by atoms with van der Waals surface area (Å²) in [6.07, 6.45) is 3.76. The molecule has 0 aliphatic rings. The molecule has 0 aromatic carbocycles. The highest BCUT2D eigenvalue weighted by atomic mass is 32.1. The Morgan fingerprint density at radius 3 is 3.06 bits per heavy atom. The Hall–Kier alpha value is -1.82. The van der Waals surface area contributed by atoms with Crippen LogP contribution in [0, 0.1) is 6.92 Å². The van der Waals surface area contributed by atoms with Crippen LogP contribution < -0.4 is 0 Å². The van der Waals surface area contributed by atoms with Gasteiger partial charge in [-0.1, -0.05) is 17.8 Å². The highest BCUT2D eigenvalue weighted by molar-refractivity contribution is 7.09. The van der Waals surface area contributed by atoms with Gasteiger partial charge in [-0.3, -0.25) is 0 Å². The average Bonchev–Trinajstić information content (AvgIpc) is 2.95. The van der Waals surface area contributed by atoms with Gasteiger partial charge in [-0.2, -0.15) is 0 Å². The molecule has 0 spiro atoms. The predicted octanol–water partition coefficient (Wildman–Crippen LogP) is 2.74. The summed E-state index contributed by atoms with van der Waals surface area (Å²) < 4.78 is 4.02. The third-order valence-electron chi connectivity index (χ3n) is 2.86. The number of pyridine rings is 1. The Labute approximate surface area is 108 Å². The van der Waals surface area contributed by atoms with Crippen LogP contribution in [0.2, 0.25) is 0 Å². The van der Waals surface area contributed by atoms with Gasteiger partial charge in [0.2, 0.25) is 0 Å². The summed E-state index contributed by atoms with van der Waals surface area (Å²) in [5.41, 5.74) is 3.90. The summed E-state index contributed by atoms with van der Waals surface area (Å²) in [5.74, 6) is 0.824. The van der Waals surface area contributed by atoms with Gasteiger partial charge in [0.05, 0.1) is 11.2 Å². The van der Waals surface area contributed by atoms with Crippen LogP contribution in [0.4, 0.5) is 0 Å². The number of aryl methyl sites for hydroxylation is 2. The molecule has 0 saturated heterocycles. The third-order valence-corrected chi connectivity index (χ3v) is 3.63. The highest BCUT2D eigenvalue weighted by Crippen LogP contribution is 2.26. The smallest absolute Gasteiger partial charge is 0.178 e. The minimum atomic E-state index is 0.751. The monoisotopic (exact) mass is 259 g/mol. The van der Waals surface area contributed by atoms with E-state index in [1.54, 1.807) is 6.20 Å². The maximum absolute atomic E-state index is 4.52. The van der Waals surface area contributed by atoms with E-state index in [0.29, 0.717) is 0 Å². The van der Waals surface area contributed by atoms with Crippen molar-refractivity contribution in [2.24, 2.45) is 0 Å². The molecule has 0 aliphatic heterocycles. The molecule has 0 aliphatic carbocycles. The van der Waals surface area contributed by atoms with Crippen LogP contribution >= 0.6 is 11.5 Å². The number of H-pyrrole nitrogens is 1. The van der Waals surface area contributed by atoms with Gasteiger partial charge in [0.15, 0.2) is 11.5 Å². The molecule has 3 rings (SSSR count). The number of hydrogen-bond donors (Lipinski definition) is 1. The predicted molar refractivity (Wildman–Crippen MR) is 71.5 cm³/mol. The van der Waals surface area contributed by atoms with Crippen molar-refractivity contribution in [1.82, 2.24) is 24.5 Å². The number of imidazole rings is 1. The second-order valence-corrected chi connectivity index (χ2v) is 4.96. The Balaban J connectivity index is 2.14. The number of nitrogens with zero attached hydrogens (tertiary/aromatic N) is 4. The van der Waals surface area contributed by atoms with E-state index in [2.05, 4.69) is 31.5 Å². The van der Waals surface area contributed by atoms with Crippen molar-refractivity contribution in [3.8, 4) is 10.7 Å². The van der Waals surface area contributed by atoms with Crippen molar-refractivity contribution in [3.05, 3.63) is 23.5 Å². The Morgan fingerprint density at radius 1 is 1.39 bits per heavy atom. The first-order valence-corrected chi connectivity index (χ1v) is 6.70. The molecule has 3 heterocycles. The second-order valence-electron chi connectivity index (χ2n) is 4.21. The lowest BCUT2D eigenvalue weighted by Gasteiger charge is -1.94. The number of nitrogens with one attached hydrogen (secondary N) is 1. The molecule has 18 heavy (non-hydrogen) atoms. The zero-order chi connectivity index (χ0) is 12.5. The van der Waals surface area contributed by atoms with Gasteiger partial charge < -0.3 is 4.98 Å². The van der Waals surface area contributed by atoms with Crippen molar-refractivity contribution in [3.63, 3.8) is 0 Å². The molecule has 6 heteroatoms. The van der Waals surface area contributed by atoms with Crippen LogP contribution in [0.3, 0.4) is 0 Å². The second kappa shape index (κ2) is 4.45. The zero-order valence-electron chi connectivity index (χ0n) is 10.3. The molecular weight excluding hydrogens is 246 g/mol. The van der Waals surface area contributed by atoms with Crippen LogP contribution in [0.25, 0.3) is 21.9 Å². The Kier molecular flexibility index (Phi) is 2.79. The van der Waals surface area contributed by atoms with Gasteiger partial charge in [-0.15, -0.1) is 5.10 Å². The van der Waals surface area contributed by atoms with Crippen LogP contribution in [0.1, 0.15) is 24.6 Å². The summed E-state index contributed by atoms with van der Waals surface area (Å²) >= 11 is 1.38. The largest absolute Gasteiger partial charge is 0.336 e. The summed E-state index contributed by atoms with van der Waals surface area (Å²) in [5, 5.41) is 4.16. The van der Waals surface area contributed by atoms with Crippen LogP contribution in [0.15, 0.2) is 12.3 Å². The van der Waals surface area contributed by atoms with Crippen LogP contribution in [0.5, 0.6) is 0 Å². The van der Waals surface area contributed by atoms with E-state index in [-0.39, 0.29) is 0 Å². The van der Waals surface area contributed by atoms with Crippen molar-refractivity contribution in [2.75, 3.05) is 0 Å². The molecule has 92 valence electrons. The van der Waals surface area contributed by atoms with E-state index >= 15 is 0 Å². The SMILES string of the molecule is CCCc1nnsc1-c1nc2nccc(C)c2[nH]1. The van der Waals surface area contributed by atoms with Gasteiger partial charge in [-0.05, 0) is 36.5 Å². The average molecular weight is 259 g/mol. The fourth-order valence-corrected chi connectivity index (χ4v) is 2.58. The minimum absolute atomic E-state index is 0.751. The van der Waals surface area contributed by atoms with Crippen molar-refractivity contribution in [2.45, 2.75) is 26.7 Å². The van der Waals surface area contributed by atoms with Crippen molar-refractivity contribution >= 4 is 22.7 Å². The molecule has 5 nitrogen and oxygen atoms in total. The lowest BCUT2D eigenvalue weighted by Crippen LogP contribution is -1.88. The lowest BCUT2D eigenvalue weighted by atomic mass is 10.2. The number of aromatic nitrogens is 5. The third kappa shape index (κ3) is 1.78. The number of hydrogen-bond acceptors (Lipinski definition) is 5. The number of fused-ring (bicyclic) bond motifs is 1. The molecular formula is C12H13N5S. The van der Waals surface area contributed by atoms with Gasteiger partial charge in [0.1, 0.15) is 4.88 Å². The van der Waals surface area contributed by atoms with E-state index in [0.717, 1.165) is 46.0 Å². The maximum atomic E-state index is 4.52. The molecule has 3 aromatic rings.